The van der Waals surface area contributed by atoms with Gasteiger partial charge in [0.05, 0.1) is 0 Å². The van der Waals surface area contributed by atoms with Crippen molar-refractivity contribution in [3.63, 3.8) is 0 Å². The summed E-state index contributed by atoms with van der Waals surface area (Å²) in [5.41, 5.74) is -0.787. The maximum absolute atomic E-state index is 11.2. The first-order chi connectivity index (χ1) is 9.13. The van der Waals surface area contributed by atoms with Crippen LogP contribution in [0.1, 0.15) is 65.2 Å². The van der Waals surface area contributed by atoms with E-state index in [0.29, 0.717) is 19.4 Å². The van der Waals surface area contributed by atoms with Gasteiger partial charge in [-0.15, -0.1) is 0 Å². The van der Waals surface area contributed by atoms with Crippen LogP contribution in [0.15, 0.2) is 0 Å². The van der Waals surface area contributed by atoms with E-state index in [1.807, 2.05) is 6.92 Å². The van der Waals surface area contributed by atoms with Crippen molar-refractivity contribution in [2.45, 2.75) is 70.8 Å². The molecule has 19 heavy (non-hydrogen) atoms. The molecule has 0 bridgehead atoms. The van der Waals surface area contributed by atoms with Crippen molar-refractivity contribution in [1.82, 2.24) is 5.32 Å². The molecular formula is C15H31NO3. The van der Waals surface area contributed by atoms with Crippen LogP contribution in [0.2, 0.25) is 0 Å². The highest BCUT2D eigenvalue weighted by Crippen LogP contribution is 2.17. The molecular weight excluding hydrogens is 242 g/mol. The number of nitrogens with one attached hydrogen (secondary N) is 1. The lowest BCUT2D eigenvalue weighted by Crippen LogP contribution is -2.49. The van der Waals surface area contributed by atoms with E-state index < -0.39 is 11.5 Å². The number of hydrogen-bond donors (Lipinski definition) is 2. The first kappa shape index (κ1) is 18.4. The Balaban J connectivity index is 3.59. The Morgan fingerprint density at radius 2 is 1.74 bits per heavy atom. The normalized spacial score (nSPS) is 14.3. The second kappa shape index (κ2) is 11.2. The summed E-state index contributed by atoms with van der Waals surface area (Å²) in [5.74, 6) is -0.767. The average Bonchev–Trinajstić information content (AvgIpc) is 2.41. The van der Waals surface area contributed by atoms with Gasteiger partial charge in [0.25, 0.3) is 0 Å². The van der Waals surface area contributed by atoms with Crippen LogP contribution in [-0.2, 0) is 9.53 Å². The van der Waals surface area contributed by atoms with Gasteiger partial charge in [0.1, 0.15) is 5.54 Å². The fraction of sp³-hybridized carbons (Fsp3) is 0.933. The second-order valence-corrected chi connectivity index (χ2v) is 5.12. The number of rotatable bonds is 13. The van der Waals surface area contributed by atoms with E-state index in [2.05, 4.69) is 12.2 Å². The molecule has 1 atom stereocenters. The summed E-state index contributed by atoms with van der Waals surface area (Å²) in [6, 6.07) is 0. The number of hydrogen-bond acceptors (Lipinski definition) is 3. The predicted octanol–water partition coefficient (Wildman–Crippen LogP) is 3.21. The maximum atomic E-state index is 11.2. The zero-order chi connectivity index (χ0) is 14.6. The third-order valence-corrected chi connectivity index (χ3v) is 3.78. The minimum atomic E-state index is -0.787. The SMILES string of the molecule is CCCCCCCOCCCC(CC)(NC)C(=O)O. The molecule has 0 aliphatic carbocycles. The summed E-state index contributed by atoms with van der Waals surface area (Å²) in [7, 11) is 1.71. The fourth-order valence-corrected chi connectivity index (χ4v) is 2.23. The van der Waals surface area contributed by atoms with E-state index in [1.165, 1.54) is 25.7 Å². The number of aliphatic carboxylic acids is 1. The van der Waals surface area contributed by atoms with E-state index in [4.69, 9.17) is 4.74 Å². The molecule has 0 rings (SSSR count). The van der Waals surface area contributed by atoms with Crippen molar-refractivity contribution in [1.29, 1.82) is 0 Å². The van der Waals surface area contributed by atoms with Crippen molar-refractivity contribution in [2.24, 2.45) is 0 Å². The van der Waals surface area contributed by atoms with Crippen molar-refractivity contribution >= 4 is 5.97 Å². The molecule has 0 amide bonds. The van der Waals surface area contributed by atoms with Gasteiger partial charge in [-0.3, -0.25) is 4.79 Å². The minimum Gasteiger partial charge on any atom is -0.480 e. The number of ether oxygens (including phenoxy) is 1. The van der Waals surface area contributed by atoms with E-state index in [9.17, 15) is 9.90 Å². The molecule has 0 saturated heterocycles. The average molecular weight is 273 g/mol. The lowest BCUT2D eigenvalue weighted by Gasteiger charge is -2.27. The highest BCUT2D eigenvalue weighted by Gasteiger charge is 2.33. The summed E-state index contributed by atoms with van der Waals surface area (Å²) in [6.45, 7) is 5.57. The standard InChI is InChI=1S/C15H31NO3/c1-4-6-7-8-9-12-19-13-10-11-15(5-2,16-3)14(17)18/h16H,4-13H2,1-3H3,(H,17,18). The minimum absolute atomic E-state index is 0.593. The Hall–Kier alpha value is -0.610. The number of likely N-dealkylation sites (N-methyl/N-ethyl adjacent to an activating group) is 1. The highest BCUT2D eigenvalue weighted by atomic mass is 16.5. The summed E-state index contributed by atoms with van der Waals surface area (Å²) in [5, 5.41) is 12.2. The lowest BCUT2D eigenvalue weighted by atomic mass is 9.91. The van der Waals surface area contributed by atoms with Crippen LogP contribution in [0.5, 0.6) is 0 Å². The van der Waals surface area contributed by atoms with Crippen LogP contribution < -0.4 is 5.32 Å². The molecule has 4 nitrogen and oxygen atoms in total. The lowest BCUT2D eigenvalue weighted by molar-refractivity contribution is -0.145. The summed E-state index contributed by atoms with van der Waals surface area (Å²) < 4.78 is 5.56. The molecule has 0 aromatic carbocycles. The molecule has 0 radical (unpaired) electrons. The number of carboxylic acid groups (broad SMARTS) is 1. The molecule has 0 saturated carbocycles. The quantitative estimate of drug-likeness (QED) is 0.506. The third-order valence-electron chi connectivity index (χ3n) is 3.78. The number of carboxylic acids is 1. The molecule has 1 unspecified atom stereocenters. The van der Waals surface area contributed by atoms with Gasteiger partial charge in [-0.25, -0.2) is 0 Å². The van der Waals surface area contributed by atoms with E-state index in [1.54, 1.807) is 7.05 Å². The first-order valence-corrected chi connectivity index (χ1v) is 7.63. The van der Waals surface area contributed by atoms with Gasteiger partial charge in [0.2, 0.25) is 0 Å². The zero-order valence-corrected chi connectivity index (χ0v) is 12.8. The summed E-state index contributed by atoms with van der Waals surface area (Å²) in [6.07, 6.45) is 8.20. The molecule has 0 heterocycles. The zero-order valence-electron chi connectivity index (χ0n) is 12.8. The fourth-order valence-electron chi connectivity index (χ4n) is 2.23. The van der Waals surface area contributed by atoms with Crippen LogP contribution in [0, 0.1) is 0 Å². The molecule has 0 aliphatic rings. The Labute approximate surface area is 117 Å². The molecule has 0 aromatic heterocycles. The Bertz CT molecular complexity index is 227. The van der Waals surface area contributed by atoms with Gasteiger partial charge in [0.15, 0.2) is 0 Å². The summed E-state index contributed by atoms with van der Waals surface area (Å²) >= 11 is 0. The molecule has 0 spiro atoms. The second-order valence-electron chi connectivity index (χ2n) is 5.12. The van der Waals surface area contributed by atoms with Gasteiger partial charge in [-0.1, -0.05) is 39.5 Å². The van der Waals surface area contributed by atoms with Gasteiger partial charge in [0, 0.05) is 13.2 Å². The van der Waals surface area contributed by atoms with Crippen molar-refractivity contribution in [2.75, 3.05) is 20.3 Å². The smallest absolute Gasteiger partial charge is 0.323 e. The van der Waals surface area contributed by atoms with Gasteiger partial charge in [-0.05, 0) is 32.7 Å². The van der Waals surface area contributed by atoms with E-state index in [0.717, 1.165) is 19.4 Å². The third kappa shape index (κ3) is 7.53. The Morgan fingerprint density at radius 3 is 2.26 bits per heavy atom. The van der Waals surface area contributed by atoms with Gasteiger partial charge in [-0.2, -0.15) is 0 Å². The van der Waals surface area contributed by atoms with Gasteiger partial charge < -0.3 is 15.2 Å². The number of carbonyl (C=O) groups is 1. The molecule has 114 valence electrons. The molecule has 0 fully saturated rings. The first-order valence-electron chi connectivity index (χ1n) is 7.63. The van der Waals surface area contributed by atoms with Crippen LogP contribution in [0.25, 0.3) is 0 Å². The predicted molar refractivity (Wildman–Crippen MR) is 78.5 cm³/mol. The van der Waals surface area contributed by atoms with Crippen molar-refractivity contribution in [3.8, 4) is 0 Å². The molecule has 4 heteroatoms. The topological polar surface area (TPSA) is 58.6 Å². The Kier molecular flexibility index (Phi) is 10.9. The summed E-state index contributed by atoms with van der Waals surface area (Å²) in [4.78, 5) is 11.2. The van der Waals surface area contributed by atoms with E-state index in [-0.39, 0.29) is 0 Å². The van der Waals surface area contributed by atoms with Crippen LogP contribution >= 0.6 is 0 Å². The molecule has 0 aromatic rings. The van der Waals surface area contributed by atoms with Crippen molar-refractivity contribution in [3.05, 3.63) is 0 Å². The Morgan fingerprint density at radius 1 is 1.11 bits per heavy atom. The largest absolute Gasteiger partial charge is 0.480 e. The maximum Gasteiger partial charge on any atom is 0.323 e. The number of unbranched alkanes of at least 4 members (excludes halogenated alkanes) is 4. The van der Waals surface area contributed by atoms with Crippen LogP contribution in [0.4, 0.5) is 0 Å². The van der Waals surface area contributed by atoms with Crippen LogP contribution in [-0.4, -0.2) is 36.9 Å². The monoisotopic (exact) mass is 273 g/mol. The van der Waals surface area contributed by atoms with Crippen LogP contribution in [0.3, 0.4) is 0 Å². The van der Waals surface area contributed by atoms with Gasteiger partial charge >= 0.3 is 5.97 Å². The van der Waals surface area contributed by atoms with E-state index >= 15 is 0 Å². The van der Waals surface area contributed by atoms with Crippen molar-refractivity contribution < 1.29 is 14.6 Å². The molecule has 2 N–H and O–H groups in total. The highest BCUT2D eigenvalue weighted by molar-refractivity contribution is 5.78. The molecule has 0 aliphatic heterocycles.